The lowest BCUT2D eigenvalue weighted by atomic mass is 10.2. The van der Waals surface area contributed by atoms with Crippen molar-refractivity contribution in [3.63, 3.8) is 0 Å². The first-order valence-corrected chi connectivity index (χ1v) is 7.17. The molecule has 8 nitrogen and oxygen atoms in total. The topological polar surface area (TPSA) is 127 Å². The summed E-state index contributed by atoms with van der Waals surface area (Å²) in [7, 11) is 0. The molecule has 0 saturated heterocycles. The van der Waals surface area contributed by atoms with Gasteiger partial charge in [0, 0.05) is 19.4 Å². The number of aliphatic carboxylic acids is 1. The zero-order chi connectivity index (χ0) is 16.8. The van der Waals surface area contributed by atoms with Crippen molar-refractivity contribution < 1.29 is 38.9 Å². The molecule has 0 saturated carbocycles. The van der Waals surface area contributed by atoms with Crippen LogP contribution in [0.3, 0.4) is 0 Å². The van der Waals surface area contributed by atoms with E-state index in [1.54, 1.807) is 0 Å². The fourth-order valence-electron chi connectivity index (χ4n) is 1.45. The molecule has 0 aromatic rings. The van der Waals surface area contributed by atoms with E-state index in [-0.39, 0.29) is 44.9 Å². The van der Waals surface area contributed by atoms with Crippen molar-refractivity contribution >= 4 is 23.9 Å². The summed E-state index contributed by atoms with van der Waals surface area (Å²) in [6.45, 7) is 0.324. The van der Waals surface area contributed by atoms with E-state index in [1.807, 2.05) is 0 Å². The van der Waals surface area contributed by atoms with Gasteiger partial charge >= 0.3 is 23.9 Å². The number of carboxylic acid groups (broad SMARTS) is 1. The standard InChI is InChI=1S/C14H22O8/c15-9-3-4-10-21-12(18)5-1-2-6-13(19)22-14(20)8-7-11(16)17/h15H,1-10H2,(H,16,17). The Morgan fingerprint density at radius 2 is 1.32 bits per heavy atom. The van der Waals surface area contributed by atoms with Gasteiger partial charge in [0.05, 0.1) is 19.4 Å². The number of esters is 3. The van der Waals surface area contributed by atoms with E-state index >= 15 is 0 Å². The first-order chi connectivity index (χ1) is 10.5. The Balaban J connectivity index is 3.57. The number of hydrogen-bond donors (Lipinski definition) is 2. The molecule has 0 radical (unpaired) electrons. The van der Waals surface area contributed by atoms with E-state index in [2.05, 4.69) is 4.74 Å². The van der Waals surface area contributed by atoms with Gasteiger partial charge in [-0.2, -0.15) is 0 Å². The van der Waals surface area contributed by atoms with Crippen LogP contribution >= 0.6 is 0 Å². The predicted molar refractivity (Wildman–Crippen MR) is 73.7 cm³/mol. The Morgan fingerprint density at radius 1 is 0.727 bits per heavy atom. The number of aliphatic hydroxyl groups excluding tert-OH is 1. The number of ether oxygens (including phenoxy) is 2. The number of carbonyl (C=O) groups is 4. The second kappa shape index (κ2) is 12.8. The van der Waals surface area contributed by atoms with Gasteiger partial charge in [-0.15, -0.1) is 0 Å². The summed E-state index contributed by atoms with van der Waals surface area (Å²) in [4.78, 5) is 43.8. The lowest BCUT2D eigenvalue weighted by Gasteiger charge is -2.04. The van der Waals surface area contributed by atoms with Crippen LogP contribution in [0.2, 0.25) is 0 Å². The highest BCUT2D eigenvalue weighted by molar-refractivity contribution is 5.87. The van der Waals surface area contributed by atoms with Crippen molar-refractivity contribution in [2.75, 3.05) is 13.2 Å². The Morgan fingerprint density at radius 3 is 1.91 bits per heavy atom. The van der Waals surface area contributed by atoms with Gasteiger partial charge in [-0.1, -0.05) is 0 Å². The maximum absolute atomic E-state index is 11.3. The van der Waals surface area contributed by atoms with Crippen molar-refractivity contribution in [3.8, 4) is 0 Å². The highest BCUT2D eigenvalue weighted by Gasteiger charge is 2.12. The number of carboxylic acids is 1. The molecule has 0 aliphatic carbocycles. The molecule has 8 heteroatoms. The molecular formula is C14H22O8. The largest absolute Gasteiger partial charge is 0.481 e. The van der Waals surface area contributed by atoms with E-state index in [0.717, 1.165) is 0 Å². The van der Waals surface area contributed by atoms with Gasteiger partial charge in [0.15, 0.2) is 0 Å². The van der Waals surface area contributed by atoms with Crippen molar-refractivity contribution in [3.05, 3.63) is 0 Å². The minimum absolute atomic E-state index is 0.0173. The maximum atomic E-state index is 11.3. The first-order valence-electron chi connectivity index (χ1n) is 7.17. The number of aliphatic hydroxyl groups is 1. The molecule has 0 aromatic heterocycles. The molecule has 0 amide bonds. The van der Waals surface area contributed by atoms with E-state index in [4.69, 9.17) is 14.9 Å². The zero-order valence-electron chi connectivity index (χ0n) is 12.4. The summed E-state index contributed by atoms with van der Waals surface area (Å²) >= 11 is 0. The average molecular weight is 318 g/mol. The fourth-order valence-corrected chi connectivity index (χ4v) is 1.45. The summed E-state index contributed by atoms with van der Waals surface area (Å²) in [6.07, 6.45) is 1.40. The van der Waals surface area contributed by atoms with Crippen molar-refractivity contribution in [1.82, 2.24) is 0 Å². The molecule has 0 aliphatic heterocycles. The molecule has 0 bridgehead atoms. The molecular weight excluding hydrogens is 296 g/mol. The van der Waals surface area contributed by atoms with Crippen molar-refractivity contribution in [2.45, 2.75) is 51.4 Å². The molecule has 0 aromatic carbocycles. The molecule has 0 atom stereocenters. The van der Waals surface area contributed by atoms with Crippen LogP contribution in [0.5, 0.6) is 0 Å². The first kappa shape index (κ1) is 20.0. The summed E-state index contributed by atoms with van der Waals surface area (Å²) in [6, 6.07) is 0. The quantitative estimate of drug-likeness (QED) is 0.307. The summed E-state index contributed by atoms with van der Waals surface area (Å²) < 4.78 is 9.31. The van der Waals surface area contributed by atoms with Gasteiger partial charge in [-0.3, -0.25) is 19.2 Å². The van der Waals surface area contributed by atoms with Gasteiger partial charge in [0.2, 0.25) is 0 Å². The third kappa shape index (κ3) is 13.0. The minimum Gasteiger partial charge on any atom is -0.481 e. The normalized spacial score (nSPS) is 10.0. The van der Waals surface area contributed by atoms with Crippen LogP contribution < -0.4 is 0 Å². The van der Waals surface area contributed by atoms with Gasteiger partial charge in [0.25, 0.3) is 0 Å². The van der Waals surface area contributed by atoms with Crippen LogP contribution in [0.4, 0.5) is 0 Å². The molecule has 126 valence electrons. The van der Waals surface area contributed by atoms with E-state index < -0.39 is 17.9 Å². The van der Waals surface area contributed by atoms with Crippen LogP contribution in [0.25, 0.3) is 0 Å². The van der Waals surface area contributed by atoms with Crippen molar-refractivity contribution in [2.24, 2.45) is 0 Å². The molecule has 0 fully saturated rings. The van der Waals surface area contributed by atoms with Gasteiger partial charge in [-0.05, 0) is 25.7 Å². The monoisotopic (exact) mass is 318 g/mol. The van der Waals surface area contributed by atoms with Gasteiger partial charge in [0.1, 0.15) is 0 Å². The second-order valence-electron chi connectivity index (χ2n) is 4.60. The molecule has 0 heterocycles. The smallest absolute Gasteiger partial charge is 0.314 e. The van der Waals surface area contributed by atoms with Crippen LogP contribution in [0.1, 0.15) is 51.4 Å². The molecule has 0 aliphatic rings. The molecule has 0 unspecified atom stereocenters. The Hall–Kier alpha value is -1.96. The van der Waals surface area contributed by atoms with Crippen LogP contribution in [-0.2, 0) is 28.7 Å². The predicted octanol–water partition coefficient (Wildman–Crippen LogP) is 0.797. The average Bonchev–Trinajstić information content (AvgIpc) is 2.46. The zero-order valence-corrected chi connectivity index (χ0v) is 12.4. The Bertz CT molecular complexity index is 377. The molecule has 22 heavy (non-hydrogen) atoms. The number of hydrogen-bond acceptors (Lipinski definition) is 7. The fraction of sp³-hybridized carbons (Fsp3) is 0.714. The molecule has 0 rings (SSSR count). The second-order valence-corrected chi connectivity index (χ2v) is 4.60. The highest BCUT2D eigenvalue weighted by Crippen LogP contribution is 2.04. The van der Waals surface area contributed by atoms with E-state index in [0.29, 0.717) is 25.7 Å². The third-order valence-corrected chi connectivity index (χ3v) is 2.60. The lowest BCUT2D eigenvalue weighted by molar-refractivity contribution is -0.161. The van der Waals surface area contributed by atoms with Crippen LogP contribution in [0.15, 0.2) is 0 Å². The van der Waals surface area contributed by atoms with Crippen molar-refractivity contribution in [1.29, 1.82) is 0 Å². The SMILES string of the molecule is O=C(O)CCC(=O)OC(=O)CCCCC(=O)OCCCCO. The maximum Gasteiger partial charge on any atom is 0.314 e. The number of rotatable bonds is 12. The Kier molecular flexibility index (Phi) is 11.6. The summed E-state index contributed by atoms with van der Waals surface area (Å²) in [5, 5.41) is 16.9. The minimum atomic E-state index is -1.14. The van der Waals surface area contributed by atoms with Crippen LogP contribution in [-0.4, -0.2) is 47.3 Å². The Labute approximate surface area is 128 Å². The van der Waals surface area contributed by atoms with Gasteiger partial charge < -0.3 is 19.7 Å². The number of unbranched alkanes of at least 4 members (excludes halogenated alkanes) is 2. The van der Waals surface area contributed by atoms with E-state index in [9.17, 15) is 19.2 Å². The van der Waals surface area contributed by atoms with Gasteiger partial charge in [-0.25, -0.2) is 0 Å². The third-order valence-electron chi connectivity index (χ3n) is 2.60. The lowest BCUT2D eigenvalue weighted by Crippen LogP contribution is -2.13. The molecule has 0 spiro atoms. The number of carbonyl (C=O) groups excluding carboxylic acids is 3. The summed E-state index contributed by atoms with van der Waals surface area (Å²) in [5.41, 5.74) is 0. The van der Waals surface area contributed by atoms with Crippen LogP contribution in [0, 0.1) is 0 Å². The molecule has 2 N–H and O–H groups in total. The summed E-state index contributed by atoms with van der Waals surface area (Å²) in [5.74, 6) is -3.10. The highest BCUT2D eigenvalue weighted by atomic mass is 16.6. The van der Waals surface area contributed by atoms with E-state index in [1.165, 1.54) is 0 Å².